The van der Waals surface area contributed by atoms with Gasteiger partial charge in [-0.1, -0.05) is 38.5 Å². The van der Waals surface area contributed by atoms with Crippen molar-refractivity contribution < 1.29 is 9.90 Å². The molecule has 1 aromatic rings. The topological polar surface area (TPSA) is 62.2 Å². The van der Waals surface area contributed by atoms with Crippen LogP contribution in [0.15, 0.2) is 18.3 Å². The summed E-state index contributed by atoms with van der Waals surface area (Å²) in [4.78, 5) is 16.0. The lowest BCUT2D eigenvalue weighted by Crippen LogP contribution is -2.25. The molecule has 1 aromatic heterocycles. The summed E-state index contributed by atoms with van der Waals surface area (Å²) in [6, 6.07) is 3.44. The number of carbonyl (C=O) groups excluding carboxylic acids is 1. The largest absolute Gasteiger partial charge is 0.395 e. The number of aliphatic hydroxyl groups excluding tert-OH is 1. The Morgan fingerprint density at radius 1 is 1.38 bits per heavy atom. The fourth-order valence-corrected chi connectivity index (χ4v) is 1.79. The Morgan fingerprint density at radius 2 is 2.19 bits per heavy atom. The third kappa shape index (κ3) is 7.48. The van der Waals surface area contributed by atoms with Crippen LogP contribution in [0, 0.1) is 17.8 Å². The third-order valence-electron chi connectivity index (χ3n) is 2.96. The number of nitrogens with zero attached hydrogens (tertiary/aromatic N) is 1. The molecule has 0 aliphatic carbocycles. The summed E-state index contributed by atoms with van der Waals surface area (Å²) in [6.45, 7) is 5.14. The summed E-state index contributed by atoms with van der Waals surface area (Å²) in [5, 5.41) is 11.5. The van der Waals surface area contributed by atoms with E-state index >= 15 is 0 Å². The Balaban J connectivity index is 2.36. The first kappa shape index (κ1) is 17.2. The second-order valence-electron chi connectivity index (χ2n) is 5.35. The minimum absolute atomic E-state index is 0.0533. The van der Waals surface area contributed by atoms with Gasteiger partial charge >= 0.3 is 0 Å². The second-order valence-corrected chi connectivity index (χ2v) is 5.35. The lowest BCUT2D eigenvalue weighted by Gasteiger charge is -2.06. The molecule has 1 rings (SSSR count). The number of nitrogens with one attached hydrogen (secondary N) is 1. The lowest BCUT2D eigenvalue weighted by molar-refractivity contribution is 0.0948. The normalized spacial score (nSPS) is 10.1. The number of hydrogen-bond acceptors (Lipinski definition) is 3. The number of carbonyl (C=O) groups is 1. The molecular formula is C17H24N2O2. The average molecular weight is 288 g/mol. The van der Waals surface area contributed by atoms with Gasteiger partial charge in [0.25, 0.3) is 5.91 Å². The number of unbranched alkanes of at least 4 members (excludes halogenated alkanes) is 1. The van der Waals surface area contributed by atoms with Crippen LogP contribution in [0.4, 0.5) is 0 Å². The average Bonchev–Trinajstić information content (AvgIpc) is 2.47. The molecule has 0 spiro atoms. The molecule has 0 fully saturated rings. The van der Waals surface area contributed by atoms with E-state index in [2.05, 4.69) is 36.0 Å². The lowest BCUT2D eigenvalue weighted by atomic mass is 10.1. The first-order valence-corrected chi connectivity index (χ1v) is 7.47. The molecule has 0 atom stereocenters. The molecule has 114 valence electrons. The monoisotopic (exact) mass is 288 g/mol. The molecule has 4 nitrogen and oxygen atoms in total. The third-order valence-corrected chi connectivity index (χ3v) is 2.96. The fraction of sp³-hybridized carbons (Fsp3) is 0.529. The molecule has 2 N–H and O–H groups in total. The van der Waals surface area contributed by atoms with E-state index in [9.17, 15) is 4.79 Å². The summed E-state index contributed by atoms with van der Waals surface area (Å²) in [7, 11) is 0. The Labute approximate surface area is 127 Å². The van der Waals surface area contributed by atoms with Gasteiger partial charge in [0.05, 0.1) is 6.61 Å². The Hall–Kier alpha value is -1.86. The van der Waals surface area contributed by atoms with Gasteiger partial charge in [-0.15, -0.1) is 0 Å². The van der Waals surface area contributed by atoms with E-state index < -0.39 is 0 Å². The predicted octanol–water partition coefficient (Wildman–Crippen LogP) is 2.37. The SMILES string of the molecule is CC(C)CCCCNC(=O)c1ccc(C#CCCO)cn1. The molecule has 21 heavy (non-hydrogen) atoms. The second kappa shape index (κ2) is 9.95. The van der Waals surface area contributed by atoms with Crippen LogP contribution >= 0.6 is 0 Å². The van der Waals surface area contributed by atoms with Crippen molar-refractivity contribution in [2.75, 3.05) is 13.2 Å². The van der Waals surface area contributed by atoms with Crippen molar-refractivity contribution in [3.63, 3.8) is 0 Å². The summed E-state index contributed by atoms with van der Waals surface area (Å²) in [5.74, 6) is 6.26. The van der Waals surface area contributed by atoms with Crippen LogP contribution in [-0.2, 0) is 0 Å². The highest BCUT2D eigenvalue weighted by Crippen LogP contribution is 2.05. The zero-order valence-corrected chi connectivity index (χ0v) is 12.9. The van der Waals surface area contributed by atoms with E-state index in [1.165, 1.54) is 6.42 Å². The first-order chi connectivity index (χ1) is 10.1. The van der Waals surface area contributed by atoms with Gasteiger partial charge in [0, 0.05) is 24.7 Å². The number of hydrogen-bond donors (Lipinski definition) is 2. The van der Waals surface area contributed by atoms with Gasteiger partial charge in [-0.25, -0.2) is 4.98 Å². The van der Waals surface area contributed by atoms with Crippen molar-refractivity contribution in [1.29, 1.82) is 0 Å². The van der Waals surface area contributed by atoms with E-state index in [1.54, 1.807) is 18.3 Å². The zero-order chi connectivity index (χ0) is 15.5. The van der Waals surface area contributed by atoms with Gasteiger partial charge in [0.15, 0.2) is 0 Å². The molecule has 1 heterocycles. The van der Waals surface area contributed by atoms with Crippen molar-refractivity contribution in [3.05, 3.63) is 29.6 Å². The Bertz CT molecular complexity index is 484. The standard InChI is InChI=1S/C17H24N2O2/c1-14(2)7-3-5-11-18-17(21)16-10-9-15(13-19-16)8-4-6-12-20/h9-10,13-14,20H,3,5-7,11-12H2,1-2H3,(H,18,21). The number of aromatic nitrogens is 1. The highest BCUT2D eigenvalue weighted by Gasteiger charge is 2.05. The van der Waals surface area contributed by atoms with E-state index in [0.29, 0.717) is 24.6 Å². The van der Waals surface area contributed by atoms with Crippen LogP contribution in [0.25, 0.3) is 0 Å². The minimum atomic E-state index is -0.144. The summed E-state index contributed by atoms with van der Waals surface area (Å²) >= 11 is 0. The van der Waals surface area contributed by atoms with E-state index in [0.717, 1.165) is 18.4 Å². The highest BCUT2D eigenvalue weighted by atomic mass is 16.2. The molecule has 0 saturated carbocycles. The summed E-state index contributed by atoms with van der Waals surface area (Å²) in [5.41, 5.74) is 1.16. The van der Waals surface area contributed by atoms with Crippen molar-refractivity contribution in [2.24, 2.45) is 5.92 Å². The van der Waals surface area contributed by atoms with E-state index in [1.807, 2.05) is 0 Å². The molecule has 0 aliphatic rings. The van der Waals surface area contributed by atoms with Gasteiger partial charge in [0.1, 0.15) is 5.69 Å². The molecule has 0 bridgehead atoms. The van der Waals surface area contributed by atoms with Gasteiger partial charge in [0.2, 0.25) is 0 Å². The fourth-order valence-electron chi connectivity index (χ4n) is 1.79. The van der Waals surface area contributed by atoms with Gasteiger partial charge in [-0.2, -0.15) is 0 Å². The Morgan fingerprint density at radius 3 is 2.81 bits per heavy atom. The van der Waals surface area contributed by atoms with E-state index in [-0.39, 0.29) is 12.5 Å². The van der Waals surface area contributed by atoms with Gasteiger partial charge in [-0.3, -0.25) is 4.79 Å². The maximum atomic E-state index is 11.9. The molecular weight excluding hydrogens is 264 g/mol. The summed E-state index contributed by atoms with van der Waals surface area (Å²) < 4.78 is 0. The molecule has 4 heteroatoms. The van der Waals surface area contributed by atoms with Crippen LogP contribution < -0.4 is 5.32 Å². The quantitative estimate of drug-likeness (QED) is 0.598. The smallest absolute Gasteiger partial charge is 0.269 e. The van der Waals surface area contributed by atoms with Gasteiger partial charge < -0.3 is 10.4 Å². The summed E-state index contributed by atoms with van der Waals surface area (Å²) in [6.07, 6.45) is 5.34. The van der Waals surface area contributed by atoms with Crippen LogP contribution in [0.5, 0.6) is 0 Å². The maximum absolute atomic E-state index is 11.9. The van der Waals surface area contributed by atoms with E-state index in [4.69, 9.17) is 5.11 Å². The van der Waals surface area contributed by atoms with Crippen LogP contribution in [0.2, 0.25) is 0 Å². The number of amides is 1. The minimum Gasteiger partial charge on any atom is -0.395 e. The molecule has 1 amide bonds. The van der Waals surface area contributed by atoms with Crippen LogP contribution in [0.1, 0.15) is 55.6 Å². The predicted molar refractivity (Wildman–Crippen MR) is 83.8 cm³/mol. The molecule has 0 aliphatic heterocycles. The van der Waals surface area contributed by atoms with Crippen LogP contribution in [0.3, 0.4) is 0 Å². The maximum Gasteiger partial charge on any atom is 0.269 e. The number of rotatable bonds is 7. The highest BCUT2D eigenvalue weighted by molar-refractivity contribution is 5.92. The van der Waals surface area contributed by atoms with Crippen molar-refractivity contribution in [2.45, 2.75) is 39.5 Å². The van der Waals surface area contributed by atoms with Crippen molar-refractivity contribution in [3.8, 4) is 11.8 Å². The number of pyridine rings is 1. The Kier molecular flexibility index (Phi) is 8.15. The van der Waals surface area contributed by atoms with Gasteiger partial charge in [-0.05, 0) is 24.5 Å². The molecule has 0 radical (unpaired) electrons. The first-order valence-electron chi connectivity index (χ1n) is 7.47. The molecule has 0 unspecified atom stereocenters. The van der Waals surface area contributed by atoms with Crippen LogP contribution in [-0.4, -0.2) is 29.1 Å². The van der Waals surface area contributed by atoms with Crippen molar-refractivity contribution in [1.82, 2.24) is 10.3 Å². The molecule has 0 saturated heterocycles. The number of aliphatic hydroxyl groups is 1. The van der Waals surface area contributed by atoms with Crippen molar-refractivity contribution >= 4 is 5.91 Å². The zero-order valence-electron chi connectivity index (χ0n) is 12.9. The molecule has 0 aromatic carbocycles.